The molecule has 0 saturated carbocycles. The van der Waals surface area contributed by atoms with E-state index in [1.807, 2.05) is 0 Å². The van der Waals surface area contributed by atoms with Gasteiger partial charge >= 0.3 is 0 Å². The fourth-order valence-corrected chi connectivity index (χ4v) is 1.62. The van der Waals surface area contributed by atoms with Crippen molar-refractivity contribution >= 4 is 11.8 Å². The number of amides is 2. The molecular weight excluding hydrogens is 190 g/mol. The number of β-lactam (4-membered cyclic amide) rings is 1. The molecule has 82 valence electrons. The fraction of sp³-hybridized carbons (Fsp3) is 0.500. The van der Waals surface area contributed by atoms with Crippen LogP contribution in [-0.2, 0) is 9.59 Å². The first kappa shape index (κ1) is 11.7. The number of imide groups is 1. The van der Waals surface area contributed by atoms with E-state index >= 15 is 0 Å². The van der Waals surface area contributed by atoms with Gasteiger partial charge in [0.25, 0.3) is 0 Å². The number of likely N-dealkylation sites (tertiary alicyclic amines) is 1. The SMILES string of the molecule is C=CCCC(=O)N1CC(CCC=C)C1=O. The van der Waals surface area contributed by atoms with E-state index in [4.69, 9.17) is 0 Å². The topological polar surface area (TPSA) is 37.4 Å². The third-order valence-corrected chi connectivity index (χ3v) is 2.60. The third kappa shape index (κ3) is 2.78. The van der Waals surface area contributed by atoms with E-state index in [1.165, 1.54) is 4.90 Å². The van der Waals surface area contributed by atoms with E-state index in [0.29, 0.717) is 19.4 Å². The Bertz CT molecular complexity index is 283. The third-order valence-electron chi connectivity index (χ3n) is 2.60. The maximum atomic E-state index is 11.5. The molecule has 0 N–H and O–H groups in total. The zero-order valence-corrected chi connectivity index (χ0v) is 8.95. The van der Waals surface area contributed by atoms with Crippen molar-refractivity contribution in [1.82, 2.24) is 4.90 Å². The Labute approximate surface area is 90.5 Å². The Kier molecular flexibility index (Phi) is 4.28. The van der Waals surface area contributed by atoms with E-state index in [-0.39, 0.29) is 17.7 Å². The van der Waals surface area contributed by atoms with Gasteiger partial charge in [-0.1, -0.05) is 12.2 Å². The smallest absolute Gasteiger partial charge is 0.234 e. The molecule has 1 aliphatic heterocycles. The standard InChI is InChI=1S/C12H17NO2/c1-3-5-7-10-9-13(12(10)15)11(14)8-6-4-2/h3-4,10H,1-2,5-9H2. The molecule has 2 amide bonds. The van der Waals surface area contributed by atoms with Gasteiger partial charge < -0.3 is 0 Å². The highest BCUT2D eigenvalue weighted by Gasteiger charge is 2.39. The van der Waals surface area contributed by atoms with Crippen LogP contribution in [0.3, 0.4) is 0 Å². The van der Waals surface area contributed by atoms with E-state index in [2.05, 4.69) is 13.2 Å². The predicted octanol–water partition coefficient (Wildman–Crippen LogP) is 1.90. The number of hydrogen-bond acceptors (Lipinski definition) is 2. The van der Waals surface area contributed by atoms with Crippen molar-refractivity contribution in [3.63, 3.8) is 0 Å². The summed E-state index contributed by atoms with van der Waals surface area (Å²) in [5.41, 5.74) is 0. The zero-order valence-electron chi connectivity index (χ0n) is 8.95. The molecule has 3 nitrogen and oxygen atoms in total. The number of carbonyl (C=O) groups is 2. The van der Waals surface area contributed by atoms with Crippen molar-refractivity contribution in [1.29, 1.82) is 0 Å². The lowest BCUT2D eigenvalue weighted by atomic mass is 9.93. The minimum atomic E-state index is -0.0743. The summed E-state index contributed by atoms with van der Waals surface area (Å²) >= 11 is 0. The number of nitrogens with zero attached hydrogens (tertiary/aromatic N) is 1. The van der Waals surface area contributed by atoms with Gasteiger partial charge in [-0.15, -0.1) is 13.2 Å². The molecule has 1 heterocycles. The first-order chi connectivity index (χ1) is 7.20. The number of carbonyl (C=O) groups excluding carboxylic acids is 2. The van der Waals surface area contributed by atoms with Gasteiger partial charge in [0.1, 0.15) is 0 Å². The molecule has 1 aliphatic rings. The van der Waals surface area contributed by atoms with E-state index < -0.39 is 0 Å². The summed E-state index contributed by atoms with van der Waals surface area (Å²) in [5, 5.41) is 0. The normalized spacial score (nSPS) is 19.6. The maximum absolute atomic E-state index is 11.5. The molecule has 3 heteroatoms. The van der Waals surface area contributed by atoms with Crippen LogP contribution < -0.4 is 0 Å². The lowest BCUT2D eigenvalue weighted by Gasteiger charge is -2.36. The van der Waals surface area contributed by atoms with Crippen molar-refractivity contribution in [3.8, 4) is 0 Å². The van der Waals surface area contributed by atoms with Gasteiger partial charge in [0, 0.05) is 13.0 Å². The first-order valence-corrected chi connectivity index (χ1v) is 5.26. The molecule has 0 aliphatic carbocycles. The predicted molar refractivity (Wildman–Crippen MR) is 59.1 cm³/mol. The summed E-state index contributed by atoms with van der Waals surface area (Å²) in [7, 11) is 0. The Morgan fingerprint density at radius 1 is 1.40 bits per heavy atom. The minimum Gasteiger partial charge on any atom is -0.282 e. The van der Waals surface area contributed by atoms with Crippen LogP contribution in [0.15, 0.2) is 25.3 Å². The summed E-state index contributed by atoms with van der Waals surface area (Å²) < 4.78 is 0. The van der Waals surface area contributed by atoms with Crippen molar-refractivity contribution in [2.45, 2.75) is 25.7 Å². The molecule has 0 aromatic carbocycles. The Hall–Kier alpha value is -1.38. The van der Waals surface area contributed by atoms with Gasteiger partial charge in [0.05, 0.1) is 5.92 Å². The summed E-state index contributed by atoms with van der Waals surface area (Å²) in [5.74, 6) is -0.0589. The number of allylic oxidation sites excluding steroid dienone is 2. The molecule has 15 heavy (non-hydrogen) atoms. The summed E-state index contributed by atoms with van der Waals surface area (Å²) in [4.78, 5) is 24.3. The zero-order chi connectivity index (χ0) is 11.3. The minimum absolute atomic E-state index is 0.0223. The second-order valence-electron chi connectivity index (χ2n) is 3.73. The highest BCUT2D eigenvalue weighted by atomic mass is 16.2. The van der Waals surface area contributed by atoms with Crippen LogP contribution >= 0.6 is 0 Å². The van der Waals surface area contributed by atoms with Gasteiger partial charge in [0.2, 0.25) is 11.8 Å². The molecule has 1 atom stereocenters. The van der Waals surface area contributed by atoms with Crippen LogP contribution in [0.25, 0.3) is 0 Å². The second-order valence-corrected chi connectivity index (χ2v) is 3.73. The Balaban J connectivity index is 2.31. The molecule has 0 aromatic heterocycles. The van der Waals surface area contributed by atoms with Crippen LogP contribution in [0.4, 0.5) is 0 Å². The van der Waals surface area contributed by atoms with E-state index in [0.717, 1.165) is 12.8 Å². The average molecular weight is 207 g/mol. The first-order valence-electron chi connectivity index (χ1n) is 5.26. The number of hydrogen-bond donors (Lipinski definition) is 0. The monoisotopic (exact) mass is 207 g/mol. The van der Waals surface area contributed by atoms with E-state index in [9.17, 15) is 9.59 Å². The van der Waals surface area contributed by atoms with E-state index in [1.54, 1.807) is 12.2 Å². The van der Waals surface area contributed by atoms with Crippen molar-refractivity contribution in [2.24, 2.45) is 5.92 Å². The van der Waals surface area contributed by atoms with Crippen LogP contribution in [0, 0.1) is 5.92 Å². The van der Waals surface area contributed by atoms with Gasteiger partial charge in [-0.2, -0.15) is 0 Å². The van der Waals surface area contributed by atoms with Crippen LogP contribution in [0.5, 0.6) is 0 Å². The molecule has 0 aromatic rings. The molecular formula is C12H17NO2. The highest BCUT2D eigenvalue weighted by molar-refractivity contribution is 6.00. The summed E-state index contributed by atoms with van der Waals surface area (Å²) in [6.07, 6.45) is 6.18. The van der Waals surface area contributed by atoms with Crippen molar-refractivity contribution in [3.05, 3.63) is 25.3 Å². The highest BCUT2D eigenvalue weighted by Crippen LogP contribution is 2.23. The maximum Gasteiger partial charge on any atom is 0.234 e. The van der Waals surface area contributed by atoms with Crippen LogP contribution in [-0.4, -0.2) is 23.3 Å². The molecule has 0 spiro atoms. The van der Waals surface area contributed by atoms with Gasteiger partial charge in [-0.25, -0.2) is 0 Å². The lowest BCUT2D eigenvalue weighted by molar-refractivity contribution is -0.158. The molecule has 0 bridgehead atoms. The molecule has 1 unspecified atom stereocenters. The van der Waals surface area contributed by atoms with Crippen LogP contribution in [0.1, 0.15) is 25.7 Å². The molecule has 0 radical (unpaired) electrons. The van der Waals surface area contributed by atoms with Crippen molar-refractivity contribution < 1.29 is 9.59 Å². The summed E-state index contributed by atoms with van der Waals surface area (Å²) in [6.45, 7) is 7.74. The van der Waals surface area contributed by atoms with Crippen molar-refractivity contribution in [2.75, 3.05) is 6.54 Å². The van der Waals surface area contributed by atoms with Gasteiger partial charge in [-0.05, 0) is 19.3 Å². The Morgan fingerprint density at radius 3 is 2.60 bits per heavy atom. The largest absolute Gasteiger partial charge is 0.282 e. The molecule has 1 rings (SSSR count). The number of rotatable bonds is 6. The molecule has 1 fully saturated rings. The quantitative estimate of drug-likeness (QED) is 0.493. The average Bonchev–Trinajstić information content (AvgIpc) is 2.24. The fourth-order valence-electron chi connectivity index (χ4n) is 1.62. The lowest BCUT2D eigenvalue weighted by Crippen LogP contribution is -2.55. The van der Waals surface area contributed by atoms with Gasteiger partial charge in [0.15, 0.2) is 0 Å². The Morgan fingerprint density at radius 2 is 2.07 bits per heavy atom. The van der Waals surface area contributed by atoms with Gasteiger partial charge in [-0.3, -0.25) is 14.5 Å². The summed E-state index contributed by atoms with van der Waals surface area (Å²) in [6, 6.07) is 0. The molecule has 1 saturated heterocycles. The second kappa shape index (κ2) is 5.49. The van der Waals surface area contributed by atoms with Crippen LogP contribution in [0.2, 0.25) is 0 Å².